The third-order valence-electron chi connectivity index (χ3n) is 1.58. The predicted molar refractivity (Wildman–Crippen MR) is 44.2 cm³/mol. The van der Waals surface area contributed by atoms with Gasteiger partial charge >= 0.3 is 0 Å². The molecule has 0 aromatic carbocycles. The van der Waals surface area contributed by atoms with E-state index in [1.807, 2.05) is 6.92 Å². The number of nitriles is 1. The Morgan fingerprint density at radius 1 is 1.75 bits per heavy atom. The number of aliphatic hydroxyl groups is 1. The van der Waals surface area contributed by atoms with E-state index in [0.717, 1.165) is 6.42 Å². The minimum absolute atomic E-state index is 0.00384. The van der Waals surface area contributed by atoms with Crippen molar-refractivity contribution in [1.82, 2.24) is 5.32 Å². The molecular weight excluding hydrogens is 156 g/mol. The number of carbonyl (C=O) groups excluding carboxylic acids is 1. The van der Waals surface area contributed by atoms with Crippen LogP contribution in [-0.4, -0.2) is 23.7 Å². The topological polar surface area (TPSA) is 73.1 Å². The first-order valence-corrected chi connectivity index (χ1v) is 4.01. The third-order valence-corrected chi connectivity index (χ3v) is 1.58. The van der Waals surface area contributed by atoms with E-state index >= 15 is 0 Å². The summed E-state index contributed by atoms with van der Waals surface area (Å²) in [5.74, 6) is -0.266. The van der Waals surface area contributed by atoms with Crippen molar-refractivity contribution < 1.29 is 9.90 Å². The van der Waals surface area contributed by atoms with E-state index in [4.69, 9.17) is 10.4 Å². The van der Waals surface area contributed by atoms with Crippen molar-refractivity contribution in [2.45, 2.75) is 32.2 Å². The minimum Gasteiger partial charge on any atom is -0.396 e. The van der Waals surface area contributed by atoms with Gasteiger partial charge in [-0.2, -0.15) is 5.26 Å². The first-order chi connectivity index (χ1) is 5.74. The number of carbonyl (C=O) groups is 1. The lowest BCUT2D eigenvalue weighted by Gasteiger charge is -2.13. The Hall–Kier alpha value is -1.08. The van der Waals surface area contributed by atoms with Gasteiger partial charge in [-0.15, -0.1) is 0 Å². The van der Waals surface area contributed by atoms with Crippen molar-refractivity contribution in [3.63, 3.8) is 0 Å². The maximum atomic E-state index is 10.9. The highest BCUT2D eigenvalue weighted by atomic mass is 16.3. The molecule has 0 radical (unpaired) electrons. The van der Waals surface area contributed by atoms with Crippen LogP contribution in [0.5, 0.6) is 0 Å². The number of rotatable bonds is 5. The van der Waals surface area contributed by atoms with E-state index in [0.29, 0.717) is 6.42 Å². The molecule has 0 spiro atoms. The molecule has 0 fully saturated rings. The highest BCUT2D eigenvalue weighted by Crippen LogP contribution is 1.96. The lowest BCUT2D eigenvalue weighted by atomic mass is 10.1. The zero-order valence-electron chi connectivity index (χ0n) is 7.21. The number of hydrogen-bond donors (Lipinski definition) is 2. The fourth-order valence-corrected chi connectivity index (χ4v) is 0.885. The monoisotopic (exact) mass is 170 g/mol. The number of aliphatic hydroxyl groups excluding tert-OH is 1. The van der Waals surface area contributed by atoms with Crippen molar-refractivity contribution in [2.75, 3.05) is 6.61 Å². The van der Waals surface area contributed by atoms with E-state index in [-0.39, 0.29) is 25.0 Å². The van der Waals surface area contributed by atoms with Gasteiger partial charge in [-0.1, -0.05) is 6.92 Å². The molecule has 68 valence electrons. The van der Waals surface area contributed by atoms with Crippen molar-refractivity contribution in [3.8, 4) is 6.07 Å². The summed E-state index contributed by atoms with van der Waals surface area (Å²) in [7, 11) is 0. The second kappa shape index (κ2) is 6.62. The van der Waals surface area contributed by atoms with E-state index in [1.54, 1.807) is 6.07 Å². The van der Waals surface area contributed by atoms with Crippen LogP contribution in [0.4, 0.5) is 0 Å². The molecule has 1 unspecified atom stereocenters. The molecule has 0 saturated heterocycles. The largest absolute Gasteiger partial charge is 0.396 e. The van der Waals surface area contributed by atoms with Crippen molar-refractivity contribution in [1.29, 1.82) is 5.26 Å². The summed E-state index contributed by atoms with van der Waals surface area (Å²) in [5.41, 5.74) is 0. The summed E-state index contributed by atoms with van der Waals surface area (Å²) in [6, 6.07) is 1.76. The molecule has 0 aliphatic carbocycles. The molecule has 0 aromatic heterocycles. The van der Waals surface area contributed by atoms with Gasteiger partial charge in [0.2, 0.25) is 5.91 Å². The molecule has 4 heteroatoms. The zero-order chi connectivity index (χ0) is 9.40. The average molecular weight is 170 g/mol. The summed E-state index contributed by atoms with van der Waals surface area (Å²) in [4.78, 5) is 10.9. The van der Waals surface area contributed by atoms with Crippen LogP contribution in [0.1, 0.15) is 26.2 Å². The molecule has 4 nitrogen and oxygen atoms in total. The van der Waals surface area contributed by atoms with Crippen LogP contribution in [0.15, 0.2) is 0 Å². The summed E-state index contributed by atoms with van der Waals surface area (Å²) >= 11 is 0. The maximum Gasteiger partial charge on any atom is 0.234 e. The highest BCUT2D eigenvalue weighted by Gasteiger charge is 2.08. The lowest BCUT2D eigenvalue weighted by molar-refractivity contribution is -0.120. The Bertz CT molecular complexity index is 174. The minimum atomic E-state index is -0.266. The smallest absolute Gasteiger partial charge is 0.234 e. The zero-order valence-corrected chi connectivity index (χ0v) is 7.21. The van der Waals surface area contributed by atoms with Crippen molar-refractivity contribution in [2.24, 2.45) is 0 Å². The Morgan fingerprint density at radius 3 is 2.83 bits per heavy atom. The van der Waals surface area contributed by atoms with Gasteiger partial charge in [0.15, 0.2) is 0 Å². The van der Waals surface area contributed by atoms with Gasteiger partial charge in [0, 0.05) is 12.6 Å². The van der Waals surface area contributed by atoms with Gasteiger partial charge in [0.05, 0.1) is 6.07 Å². The van der Waals surface area contributed by atoms with Gasteiger partial charge in [-0.05, 0) is 12.8 Å². The lowest BCUT2D eigenvalue weighted by Crippen LogP contribution is -2.34. The van der Waals surface area contributed by atoms with Gasteiger partial charge in [0.25, 0.3) is 0 Å². The van der Waals surface area contributed by atoms with Gasteiger partial charge in [-0.25, -0.2) is 0 Å². The molecule has 12 heavy (non-hydrogen) atoms. The Balaban J connectivity index is 3.70. The number of nitrogens with one attached hydrogen (secondary N) is 1. The summed E-state index contributed by atoms with van der Waals surface area (Å²) in [6.45, 7) is 1.98. The number of hydrogen-bond acceptors (Lipinski definition) is 3. The maximum absolute atomic E-state index is 10.9. The van der Waals surface area contributed by atoms with Crippen LogP contribution >= 0.6 is 0 Å². The van der Waals surface area contributed by atoms with E-state index in [9.17, 15) is 4.79 Å². The molecule has 0 aliphatic heterocycles. The highest BCUT2D eigenvalue weighted by molar-refractivity contribution is 5.78. The van der Waals surface area contributed by atoms with Crippen LogP contribution < -0.4 is 5.32 Å². The summed E-state index contributed by atoms with van der Waals surface area (Å²) < 4.78 is 0. The summed E-state index contributed by atoms with van der Waals surface area (Å²) in [5, 5.41) is 19.4. The Labute approximate surface area is 72.2 Å². The average Bonchev–Trinajstić information content (AvgIpc) is 2.04. The van der Waals surface area contributed by atoms with Gasteiger partial charge < -0.3 is 10.4 Å². The van der Waals surface area contributed by atoms with Crippen molar-refractivity contribution in [3.05, 3.63) is 0 Å². The van der Waals surface area contributed by atoms with E-state index < -0.39 is 0 Å². The molecule has 0 bridgehead atoms. The van der Waals surface area contributed by atoms with Gasteiger partial charge in [0.1, 0.15) is 6.42 Å². The Kier molecular flexibility index (Phi) is 6.02. The van der Waals surface area contributed by atoms with Crippen LogP contribution in [0.2, 0.25) is 0 Å². The molecule has 0 aliphatic rings. The van der Waals surface area contributed by atoms with E-state index in [1.165, 1.54) is 0 Å². The standard InChI is InChI=1S/C8H14N2O2/c1-2-7(4-6-11)10-8(12)3-5-9/h7,11H,2-4,6H2,1H3,(H,10,12). The van der Waals surface area contributed by atoms with Crippen LogP contribution in [-0.2, 0) is 4.79 Å². The molecule has 0 rings (SSSR count). The number of amides is 1. The second-order valence-corrected chi connectivity index (χ2v) is 2.52. The van der Waals surface area contributed by atoms with Crippen LogP contribution in [0.3, 0.4) is 0 Å². The van der Waals surface area contributed by atoms with Crippen LogP contribution in [0, 0.1) is 11.3 Å². The van der Waals surface area contributed by atoms with Crippen molar-refractivity contribution >= 4 is 5.91 Å². The molecule has 0 heterocycles. The first kappa shape index (κ1) is 10.9. The Morgan fingerprint density at radius 2 is 2.42 bits per heavy atom. The normalized spacial score (nSPS) is 11.8. The van der Waals surface area contributed by atoms with Gasteiger partial charge in [-0.3, -0.25) is 4.79 Å². The van der Waals surface area contributed by atoms with Crippen LogP contribution in [0.25, 0.3) is 0 Å². The molecular formula is C8H14N2O2. The number of nitrogens with zero attached hydrogens (tertiary/aromatic N) is 1. The molecule has 1 atom stereocenters. The molecule has 1 amide bonds. The quantitative estimate of drug-likeness (QED) is 0.618. The first-order valence-electron chi connectivity index (χ1n) is 4.01. The molecule has 2 N–H and O–H groups in total. The second-order valence-electron chi connectivity index (χ2n) is 2.52. The molecule has 0 aromatic rings. The summed E-state index contributed by atoms with van der Waals surface area (Å²) in [6.07, 6.45) is 1.22. The fourth-order valence-electron chi connectivity index (χ4n) is 0.885. The SMILES string of the molecule is CCC(CCO)NC(=O)CC#N. The fraction of sp³-hybridized carbons (Fsp3) is 0.750. The third kappa shape index (κ3) is 4.69. The van der Waals surface area contributed by atoms with E-state index in [2.05, 4.69) is 5.32 Å². The molecule has 0 saturated carbocycles. The predicted octanol–water partition coefficient (Wildman–Crippen LogP) is 0.177.